The Labute approximate surface area is 206 Å². The van der Waals surface area contributed by atoms with E-state index in [1.165, 1.54) is 5.56 Å². The molecular weight excluding hydrogens is 540 g/mol. The lowest BCUT2D eigenvalue weighted by Gasteiger charge is -2.14. The molecule has 0 spiro atoms. The summed E-state index contributed by atoms with van der Waals surface area (Å²) in [6, 6.07) is 11.0. The summed E-state index contributed by atoms with van der Waals surface area (Å²) in [5.41, 5.74) is 6.30. The Morgan fingerprint density at radius 3 is 2.38 bits per heavy atom. The van der Waals surface area contributed by atoms with Crippen LogP contribution < -0.4 is 20.3 Å². The number of rotatable bonds is 11. The van der Waals surface area contributed by atoms with Crippen LogP contribution in [0.25, 0.3) is 0 Å². The van der Waals surface area contributed by atoms with Crippen molar-refractivity contribution in [2.45, 2.75) is 52.4 Å². The molecule has 0 aliphatic rings. The number of carbonyl (C=O) groups excluding carboxylic acids is 2. The Balaban J connectivity index is 1.87. The van der Waals surface area contributed by atoms with E-state index in [0.717, 1.165) is 34.6 Å². The summed E-state index contributed by atoms with van der Waals surface area (Å²) < 4.78 is 12.9. The lowest BCUT2D eigenvalue weighted by atomic mass is 10.0. The zero-order chi connectivity index (χ0) is 23.5. The van der Waals surface area contributed by atoms with Crippen LogP contribution in [-0.2, 0) is 4.79 Å². The second kappa shape index (κ2) is 13.5. The zero-order valence-corrected chi connectivity index (χ0v) is 21.8. The van der Waals surface area contributed by atoms with Crippen molar-refractivity contribution in [1.82, 2.24) is 10.9 Å². The standard InChI is InChI=1S/C24H30Br2N2O4/c1-4-5-6-7-12-31-21-11-9-18(25)14-19(21)24(30)28-27-23(29)15-32-22-10-8-17(16(2)3)13-20(22)26/h8-11,13-14,16H,4-7,12,15H2,1-3H3,(H,27,29)(H,28,30). The number of unbranched alkanes of at least 4 members (excludes halogenated alkanes) is 3. The van der Waals surface area contributed by atoms with Crippen LogP contribution in [0.1, 0.15) is 68.3 Å². The van der Waals surface area contributed by atoms with Gasteiger partial charge in [0.2, 0.25) is 0 Å². The van der Waals surface area contributed by atoms with Gasteiger partial charge < -0.3 is 9.47 Å². The summed E-state index contributed by atoms with van der Waals surface area (Å²) in [5.74, 6) is 0.478. The first-order valence-corrected chi connectivity index (χ1v) is 12.3. The van der Waals surface area contributed by atoms with Crippen LogP contribution in [0.5, 0.6) is 11.5 Å². The third-order valence-electron chi connectivity index (χ3n) is 4.74. The highest BCUT2D eigenvalue weighted by Crippen LogP contribution is 2.29. The van der Waals surface area contributed by atoms with E-state index in [4.69, 9.17) is 9.47 Å². The minimum atomic E-state index is -0.477. The van der Waals surface area contributed by atoms with Crippen molar-refractivity contribution < 1.29 is 19.1 Å². The highest BCUT2D eigenvalue weighted by atomic mass is 79.9. The second-order valence-corrected chi connectivity index (χ2v) is 9.46. The van der Waals surface area contributed by atoms with Crippen molar-refractivity contribution in [3.63, 3.8) is 0 Å². The molecule has 32 heavy (non-hydrogen) atoms. The van der Waals surface area contributed by atoms with Crippen molar-refractivity contribution in [3.8, 4) is 11.5 Å². The van der Waals surface area contributed by atoms with Gasteiger partial charge in [-0.15, -0.1) is 0 Å². The predicted molar refractivity (Wildman–Crippen MR) is 133 cm³/mol. The molecule has 0 fully saturated rings. The van der Waals surface area contributed by atoms with Crippen molar-refractivity contribution >= 4 is 43.7 Å². The Kier molecular flexibility index (Phi) is 11.0. The molecule has 2 aromatic rings. The minimum absolute atomic E-state index is 0.237. The number of hydrazine groups is 1. The van der Waals surface area contributed by atoms with Gasteiger partial charge in [-0.2, -0.15) is 0 Å². The Morgan fingerprint density at radius 1 is 0.938 bits per heavy atom. The summed E-state index contributed by atoms with van der Waals surface area (Å²) in [6.07, 6.45) is 4.31. The van der Waals surface area contributed by atoms with E-state index < -0.39 is 11.8 Å². The fourth-order valence-electron chi connectivity index (χ4n) is 2.88. The maximum atomic E-state index is 12.6. The van der Waals surface area contributed by atoms with Gasteiger partial charge in [0.05, 0.1) is 16.6 Å². The number of nitrogens with one attached hydrogen (secondary N) is 2. The third-order valence-corrected chi connectivity index (χ3v) is 5.85. The maximum Gasteiger partial charge on any atom is 0.276 e. The Bertz CT molecular complexity index is 919. The molecule has 2 amide bonds. The summed E-state index contributed by atoms with van der Waals surface area (Å²) in [7, 11) is 0. The first-order valence-electron chi connectivity index (χ1n) is 10.8. The molecule has 0 radical (unpaired) electrons. The van der Waals surface area contributed by atoms with Gasteiger partial charge in [-0.1, -0.05) is 62.0 Å². The number of amides is 2. The number of ether oxygens (including phenoxy) is 2. The fraction of sp³-hybridized carbons (Fsp3) is 0.417. The van der Waals surface area contributed by atoms with Crippen LogP contribution in [0, 0.1) is 0 Å². The number of hydrogen-bond donors (Lipinski definition) is 2. The zero-order valence-electron chi connectivity index (χ0n) is 18.7. The molecule has 2 N–H and O–H groups in total. The first-order chi connectivity index (χ1) is 15.3. The molecule has 0 aliphatic heterocycles. The molecule has 2 rings (SSSR count). The van der Waals surface area contributed by atoms with Crippen LogP contribution in [0.15, 0.2) is 45.3 Å². The minimum Gasteiger partial charge on any atom is -0.493 e. The summed E-state index contributed by atoms with van der Waals surface area (Å²) in [6.45, 7) is 6.66. The molecule has 174 valence electrons. The molecule has 0 bridgehead atoms. The average molecular weight is 570 g/mol. The van der Waals surface area contributed by atoms with Gasteiger partial charge in [-0.25, -0.2) is 0 Å². The van der Waals surface area contributed by atoms with E-state index in [1.807, 2.05) is 24.3 Å². The highest BCUT2D eigenvalue weighted by Gasteiger charge is 2.15. The monoisotopic (exact) mass is 568 g/mol. The summed E-state index contributed by atoms with van der Waals surface area (Å²) in [4.78, 5) is 24.8. The topological polar surface area (TPSA) is 76.7 Å². The molecule has 0 unspecified atom stereocenters. The molecule has 0 saturated carbocycles. The molecule has 0 saturated heterocycles. The molecule has 0 aliphatic carbocycles. The van der Waals surface area contributed by atoms with E-state index >= 15 is 0 Å². The van der Waals surface area contributed by atoms with Crippen molar-refractivity contribution in [2.24, 2.45) is 0 Å². The third kappa shape index (κ3) is 8.47. The van der Waals surface area contributed by atoms with Gasteiger partial charge in [0.1, 0.15) is 11.5 Å². The number of benzene rings is 2. The molecule has 6 nitrogen and oxygen atoms in total. The molecule has 0 atom stereocenters. The number of hydrogen-bond acceptors (Lipinski definition) is 4. The summed E-state index contributed by atoms with van der Waals surface area (Å²) >= 11 is 6.83. The summed E-state index contributed by atoms with van der Waals surface area (Å²) in [5, 5.41) is 0. The molecule has 0 aromatic heterocycles. The number of halogens is 2. The number of carbonyl (C=O) groups is 2. The Hall–Kier alpha value is -2.06. The van der Waals surface area contributed by atoms with Crippen molar-refractivity contribution in [3.05, 3.63) is 56.5 Å². The van der Waals surface area contributed by atoms with Crippen molar-refractivity contribution in [2.75, 3.05) is 13.2 Å². The van der Waals surface area contributed by atoms with Crippen LogP contribution >= 0.6 is 31.9 Å². The normalized spacial score (nSPS) is 10.7. The maximum absolute atomic E-state index is 12.6. The largest absolute Gasteiger partial charge is 0.493 e. The van der Waals surface area contributed by atoms with Gasteiger partial charge in [-0.05, 0) is 64.2 Å². The van der Waals surface area contributed by atoms with E-state index in [0.29, 0.717) is 29.6 Å². The van der Waals surface area contributed by atoms with Gasteiger partial charge in [-0.3, -0.25) is 20.4 Å². The van der Waals surface area contributed by atoms with Crippen LogP contribution in [0.3, 0.4) is 0 Å². The van der Waals surface area contributed by atoms with E-state index in [2.05, 4.69) is 63.5 Å². The van der Waals surface area contributed by atoms with E-state index in [-0.39, 0.29) is 6.61 Å². The highest BCUT2D eigenvalue weighted by molar-refractivity contribution is 9.10. The Morgan fingerprint density at radius 2 is 1.69 bits per heavy atom. The first kappa shape index (κ1) is 26.2. The lowest BCUT2D eigenvalue weighted by Crippen LogP contribution is -2.44. The molecular formula is C24H30Br2N2O4. The molecule has 8 heteroatoms. The molecule has 2 aromatic carbocycles. The van der Waals surface area contributed by atoms with E-state index in [1.54, 1.807) is 12.1 Å². The van der Waals surface area contributed by atoms with E-state index in [9.17, 15) is 9.59 Å². The van der Waals surface area contributed by atoms with Crippen LogP contribution in [0.2, 0.25) is 0 Å². The van der Waals surface area contributed by atoms with Gasteiger partial charge >= 0.3 is 0 Å². The quantitative estimate of drug-likeness (QED) is 0.252. The van der Waals surface area contributed by atoms with Gasteiger partial charge in [0.25, 0.3) is 11.8 Å². The predicted octanol–water partition coefficient (Wildman–Crippen LogP) is 6.13. The van der Waals surface area contributed by atoms with Crippen LogP contribution in [0.4, 0.5) is 0 Å². The smallest absolute Gasteiger partial charge is 0.276 e. The van der Waals surface area contributed by atoms with Crippen molar-refractivity contribution in [1.29, 1.82) is 0 Å². The van der Waals surface area contributed by atoms with Gasteiger partial charge in [0, 0.05) is 4.47 Å². The van der Waals surface area contributed by atoms with Gasteiger partial charge in [0.15, 0.2) is 6.61 Å². The lowest BCUT2D eigenvalue weighted by molar-refractivity contribution is -0.123. The second-order valence-electron chi connectivity index (χ2n) is 7.69. The fourth-order valence-corrected chi connectivity index (χ4v) is 3.75. The SMILES string of the molecule is CCCCCCOc1ccc(Br)cc1C(=O)NNC(=O)COc1ccc(C(C)C)cc1Br. The average Bonchev–Trinajstić information content (AvgIpc) is 2.77. The molecule has 0 heterocycles. The van der Waals surface area contributed by atoms with Crippen LogP contribution in [-0.4, -0.2) is 25.0 Å².